The number of aryl methyl sites for hydroxylation is 2. The van der Waals surface area contributed by atoms with Crippen LogP contribution in [0.3, 0.4) is 0 Å². The van der Waals surface area contributed by atoms with Crippen molar-refractivity contribution in [2.45, 2.75) is 142 Å². The highest BCUT2D eigenvalue weighted by Crippen LogP contribution is 2.47. The zero-order valence-electron chi connectivity index (χ0n) is 35.5. The van der Waals surface area contributed by atoms with Crippen LogP contribution in [0.2, 0.25) is 36.3 Å². The SMILES string of the molecule is CC(C)(C)[Si](C)(C)OCCCCCCc1ccc(-c2ccc(-c3cc4sc(-c5ccc(-c6ccc(CCCCCCO[Si](C)(C)C(C)(C)C)s6)s5)cc4s3)s2)s1. The summed E-state index contributed by atoms with van der Waals surface area (Å²) in [4.78, 5) is 14.2. The van der Waals surface area contributed by atoms with Crippen molar-refractivity contribution in [1.29, 1.82) is 0 Å². The Balaban J connectivity index is 0.941. The van der Waals surface area contributed by atoms with Crippen molar-refractivity contribution in [2.24, 2.45) is 0 Å². The molecule has 2 nitrogen and oxygen atoms in total. The lowest BCUT2D eigenvalue weighted by Crippen LogP contribution is -2.40. The lowest BCUT2D eigenvalue weighted by atomic mass is 10.1. The van der Waals surface area contributed by atoms with E-state index in [2.05, 4.69) is 128 Å². The van der Waals surface area contributed by atoms with Gasteiger partial charge in [-0.05, 0) is 135 Å². The first-order valence-electron chi connectivity index (χ1n) is 20.7. The Morgan fingerprint density at radius 3 is 1.09 bits per heavy atom. The van der Waals surface area contributed by atoms with Crippen LogP contribution in [-0.2, 0) is 21.7 Å². The summed E-state index contributed by atoms with van der Waals surface area (Å²) in [5.41, 5.74) is 0. The fourth-order valence-corrected chi connectivity index (χ4v) is 15.2. The standard InChI is InChI=1S/C46H64O2S6Si2/c1-45(2,3)55(7,8)47-29-17-13-11-15-19-33-21-23-35(49-33)37-25-27-39(51-37)41-31-43-44(53-41)32-42(54-43)40-28-26-38(52-40)36-24-22-34(50-36)20-16-12-14-18-30-48-56(9,10)46(4,5)6/h21-28,31-32H,11-20,29-30H2,1-10H3. The highest BCUT2D eigenvalue weighted by Gasteiger charge is 2.37. The van der Waals surface area contributed by atoms with Crippen LogP contribution in [-0.4, -0.2) is 29.8 Å². The van der Waals surface area contributed by atoms with E-state index in [-0.39, 0.29) is 0 Å². The summed E-state index contributed by atoms with van der Waals surface area (Å²) in [6.07, 6.45) is 12.4. The van der Waals surface area contributed by atoms with E-state index in [1.165, 1.54) is 122 Å². The van der Waals surface area contributed by atoms with Crippen molar-refractivity contribution in [3.8, 4) is 39.0 Å². The normalized spacial score (nSPS) is 13.1. The van der Waals surface area contributed by atoms with Crippen LogP contribution in [0.15, 0.2) is 60.7 Å². The molecule has 0 aliphatic rings. The van der Waals surface area contributed by atoms with Gasteiger partial charge >= 0.3 is 0 Å². The van der Waals surface area contributed by atoms with Gasteiger partial charge in [0.25, 0.3) is 0 Å². The topological polar surface area (TPSA) is 18.5 Å². The summed E-state index contributed by atoms with van der Waals surface area (Å²) in [6, 6.07) is 23.5. The molecule has 0 radical (unpaired) electrons. The first kappa shape index (κ1) is 44.4. The van der Waals surface area contributed by atoms with Gasteiger partial charge in [-0.3, -0.25) is 0 Å². The lowest BCUT2D eigenvalue weighted by Gasteiger charge is -2.36. The number of hydrogen-bond donors (Lipinski definition) is 0. The molecule has 6 heterocycles. The smallest absolute Gasteiger partial charge is 0.191 e. The van der Waals surface area contributed by atoms with E-state index in [1.807, 2.05) is 68.0 Å². The molecule has 0 bridgehead atoms. The van der Waals surface area contributed by atoms with Crippen molar-refractivity contribution < 1.29 is 8.85 Å². The zero-order valence-corrected chi connectivity index (χ0v) is 42.4. The highest BCUT2D eigenvalue weighted by atomic mass is 32.1. The Morgan fingerprint density at radius 2 is 0.714 bits per heavy atom. The molecule has 0 amide bonds. The van der Waals surface area contributed by atoms with Crippen molar-refractivity contribution >= 4 is 94.1 Å². The van der Waals surface area contributed by atoms with Gasteiger partial charge in [0.1, 0.15) is 0 Å². The van der Waals surface area contributed by atoms with Gasteiger partial charge in [-0.2, -0.15) is 0 Å². The van der Waals surface area contributed by atoms with Gasteiger partial charge in [0.05, 0.1) is 0 Å². The van der Waals surface area contributed by atoms with E-state index < -0.39 is 16.6 Å². The number of thiophene rings is 6. The third-order valence-corrected chi connectivity index (χ3v) is 28.5. The first-order valence-corrected chi connectivity index (χ1v) is 31.4. The van der Waals surface area contributed by atoms with Crippen LogP contribution >= 0.6 is 68.0 Å². The molecule has 6 aromatic heterocycles. The summed E-state index contributed by atoms with van der Waals surface area (Å²) < 4.78 is 15.5. The minimum atomic E-state index is -1.61. The fraction of sp³-hybridized carbons (Fsp3) is 0.522. The molecule has 0 saturated carbocycles. The molecule has 0 aliphatic carbocycles. The maximum absolute atomic E-state index is 6.37. The molecule has 0 fully saturated rings. The maximum atomic E-state index is 6.37. The molecule has 10 heteroatoms. The van der Waals surface area contributed by atoms with Crippen LogP contribution in [0.4, 0.5) is 0 Å². The third kappa shape index (κ3) is 11.5. The zero-order chi connectivity index (χ0) is 40.1. The number of rotatable bonds is 20. The van der Waals surface area contributed by atoms with E-state index in [0.29, 0.717) is 10.1 Å². The fourth-order valence-electron chi connectivity index (χ4n) is 6.17. The van der Waals surface area contributed by atoms with Gasteiger partial charge in [-0.25, -0.2) is 0 Å². The molecule has 0 spiro atoms. The Morgan fingerprint density at radius 1 is 0.393 bits per heavy atom. The van der Waals surface area contributed by atoms with E-state index in [4.69, 9.17) is 8.85 Å². The summed E-state index contributed by atoms with van der Waals surface area (Å²) in [5.74, 6) is 0. The van der Waals surface area contributed by atoms with E-state index in [0.717, 1.165) is 13.2 Å². The predicted octanol–water partition coefficient (Wildman–Crippen LogP) is 18.1. The van der Waals surface area contributed by atoms with Gasteiger partial charge < -0.3 is 8.85 Å². The molecule has 0 saturated heterocycles. The van der Waals surface area contributed by atoms with Gasteiger partial charge in [0.15, 0.2) is 16.6 Å². The molecule has 0 unspecified atom stereocenters. The Hall–Kier alpha value is -1.19. The van der Waals surface area contributed by atoms with E-state index in [9.17, 15) is 0 Å². The minimum Gasteiger partial charge on any atom is -0.417 e. The average molecular weight is 898 g/mol. The summed E-state index contributed by atoms with van der Waals surface area (Å²) in [7, 11) is -3.23. The van der Waals surface area contributed by atoms with Crippen LogP contribution in [0.1, 0.15) is 103 Å². The van der Waals surface area contributed by atoms with E-state index >= 15 is 0 Å². The Labute approximate surface area is 364 Å². The predicted molar refractivity (Wildman–Crippen MR) is 264 cm³/mol. The second-order valence-electron chi connectivity index (χ2n) is 18.4. The number of unbranched alkanes of at least 4 members (excludes halogenated alkanes) is 6. The van der Waals surface area contributed by atoms with Gasteiger partial charge in [-0.1, -0.05) is 67.2 Å². The second-order valence-corrected chi connectivity index (χ2v) is 34.6. The summed E-state index contributed by atoms with van der Waals surface area (Å²) in [6.45, 7) is 25.2. The second kappa shape index (κ2) is 19.0. The molecule has 0 atom stereocenters. The molecule has 6 rings (SSSR count). The van der Waals surface area contributed by atoms with Gasteiger partial charge in [0, 0.05) is 71.4 Å². The number of fused-ring (bicyclic) bond motifs is 1. The minimum absolute atomic E-state index is 0.297. The highest BCUT2D eigenvalue weighted by molar-refractivity contribution is 7.34. The average Bonchev–Trinajstić information content (AvgIpc) is 3.96. The van der Waals surface area contributed by atoms with Crippen LogP contribution < -0.4 is 0 Å². The van der Waals surface area contributed by atoms with Crippen LogP contribution in [0.25, 0.3) is 48.4 Å². The Bertz CT molecular complexity index is 1940. The third-order valence-electron chi connectivity index (χ3n) is 11.9. The largest absolute Gasteiger partial charge is 0.417 e. The quantitative estimate of drug-likeness (QED) is 0.0561. The monoisotopic (exact) mass is 896 g/mol. The van der Waals surface area contributed by atoms with Crippen molar-refractivity contribution in [3.05, 3.63) is 70.4 Å². The molecule has 6 aromatic rings. The molecule has 0 aliphatic heterocycles. The lowest BCUT2D eigenvalue weighted by molar-refractivity contribution is 0.277. The van der Waals surface area contributed by atoms with Crippen LogP contribution in [0.5, 0.6) is 0 Å². The summed E-state index contributed by atoms with van der Waals surface area (Å²) >= 11 is 11.7. The molecule has 304 valence electrons. The van der Waals surface area contributed by atoms with Crippen molar-refractivity contribution in [3.63, 3.8) is 0 Å². The van der Waals surface area contributed by atoms with Gasteiger partial charge in [-0.15, -0.1) is 68.0 Å². The molecule has 56 heavy (non-hydrogen) atoms. The van der Waals surface area contributed by atoms with Crippen molar-refractivity contribution in [2.75, 3.05) is 13.2 Å². The number of hydrogen-bond acceptors (Lipinski definition) is 8. The van der Waals surface area contributed by atoms with E-state index in [1.54, 1.807) is 0 Å². The molecular weight excluding hydrogens is 833 g/mol. The maximum Gasteiger partial charge on any atom is 0.191 e. The first-order chi connectivity index (χ1) is 26.5. The van der Waals surface area contributed by atoms with Crippen molar-refractivity contribution in [1.82, 2.24) is 0 Å². The molecule has 0 N–H and O–H groups in total. The summed E-state index contributed by atoms with van der Waals surface area (Å²) in [5, 5.41) is 0.594. The molecule has 0 aromatic carbocycles. The Kier molecular flexibility index (Phi) is 15.1. The van der Waals surface area contributed by atoms with Crippen LogP contribution in [0, 0.1) is 0 Å². The van der Waals surface area contributed by atoms with Gasteiger partial charge in [0.2, 0.25) is 0 Å². The molecular formula is C46H64O2S6Si2.